The lowest BCUT2D eigenvalue weighted by molar-refractivity contribution is -0.123. The van der Waals surface area contributed by atoms with Crippen LogP contribution in [0.15, 0.2) is 70.2 Å². The van der Waals surface area contributed by atoms with Crippen molar-refractivity contribution < 1.29 is 32.0 Å². The fourth-order valence-electron chi connectivity index (χ4n) is 2.92. The maximum Gasteiger partial charge on any atom is 0.338 e. The van der Waals surface area contributed by atoms with E-state index in [1.165, 1.54) is 30.5 Å². The molecule has 3 amide bonds. The molecule has 3 aromatic rings. The van der Waals surface area contributed by atoms with Crippen molar-refractivity contribution in [3.05, 3.63) is 83.3 Å². The van der Waals surface area contributed by atoms with E-state index in [9.17, 15) is 22.8 Å². The molecule has 3 rings (SSSR count). The van der Waals surface area contributed by atoms with Crippen molar-refractivity contribution in [2.24, 2.45) is 0 Å². The van der Waals surface area contributed by atoms with Gasteiger partial charge in [0.25, 0.3) is 5.91 Å². The van der Waals surface area contributed by atoms with Crippen molar-refractivity contribution >= 4 is 33.6 Å². The van der Waals surface area contributed by atoms with E-state index in [1.807, 2.05) is 26.0 Å². The SMILES string of the molecule is Cc1ccc(NC(=O)NC(=O)COC(=O)c2ccc(S(=O)(=O)NCc3ccco3)cc2)c(C)c1. The number of aryl methyl sites for hydroxylation is 2. The van der Waals surface area contributed by atoms with Gasteiger partial charge in [0.15, 0.2) is 6.61 Å². The van der Waals surface area contributed by atoms with Gasteiger partial charge in [-0.3, -0.25) is 10.1 Å². The molecule has 10 nitrogen and oxygen atoms in total. The number of hydrogen-bond donors (Lipinski definition) is 3. The first-order chi connectivity index (χ1) is 16.1. The van der Waals surface area contributed by atoms with Crippen molar-refractivity contribution in [1.29, 1.82) is 0 Å². The molecule has 0 atom stereocenters. The largest absolute Gasteiger partial charge is 0.468 e. The summed E-state index contributed by atoms with van der Waals surface area (Å²) < 4.78 is 37.0. The molecule has 2 aromatic carbocycles. The van der Waals surface area contributed by atoms with Crippen molar-refractivity contribution in [2.45, 2.75) is 25.3 Å². The number of hydrogen-bond acceptors (Lipinski definition) is 7. The molecule has 0 saturated heterocycles. The number of sulfonamides is 1. The summed E-state index contributed by atoms with van der Waals surface area (Å²) in [5, 5.41) is 4.62. The molecule has 0 aliphatic carbocycles. The zero-order chi connectivity index (χ0) is 24.7. The average Bonchev–Trinajstić information content (AvgIpc) is 3.32. The molecule has 178 valence electrons. The molecule has 1 heterocycles. The van der Waals surface area contributed by atoms with Crippen LogP contribution in [-0.4, -0.2) is 32.9 Å². The van der Waals surface area contributed by atoms with Crippen LogP contribution in [-0.2, 0) is 26.1 Å². The average molecular weight is 486 g/mol. The molecular weight excluding hydrogens is 462 g/mol. The molecule has 0 unspecified atom stereocenters. The molecule has 0 aliphatic heterocycles. The quantitative estimate of drug-likeness (QED) is 0.416. The second-order valence-electron chi connectivity index (χ2n) is 7.33. The van der Waals surface area contributed by atoms with Gasteiger partial charge in [0.05, 0.1) is 23.3 Å². The highest BCUT2D eigenvalue weighted by molar-refractivity contribution is 7.89. The maximum atomic E-state index is 12.3. The van der Waals surface area contributed by atoms with Gasteiger partial charge >= 0.3 is 12.0 Å². The van der Waals surface area contributed by atoms with Crippen LogP contribution in [0.25, 0.3) is 0 Å². The Morgan fingerprint density at radius 2 is 1.74 bits per heavy atom. The number of furan rings is 1. The summed E-state index contributed by atoms with van der Waals surface area (Å²) in [6, 6.07) is 12.9. The molecule has 34 heavy (non-hydrogen) atoms. The van der Waals surface area contributed by atoms with Crippen molar-refractivity contribution in [3.63, 3.8) is 0 Å². The van der Waals surface area contributed by atoms with Gasteiger partial charge in [-0.25, -0.2) is 22.7 Å². The van der Waals surface area contributed by atoms with E-state index in [-0.39, 0.29) is 17.0 Å². The third-order valence-corrected chi connectivity index (χ3v) is 6.05. The monoisotopic (exact) mass is 485 g/mol. The first-order valence-electron chi connectivity index (χ1n) is 10.1. The fraction of sp³-hybridized carbons (Fsp3) is 0.174. The number of urea groups is 1. The fourth-order valence-corrected chi connectivity index (χ4v) is 3.91. The Balaban J connectivity index is 1.48. The third-order valence-electron chi connectivity index (χ3n) is 4.63. The van der Waals surface area contributed by atoms with Crippen molar-refractivity contribution in [1.82, 2.24) is 10.0 Å². The summed E-state index contributed by atoms with van der Waals surface area (Å²) in [6.45, 7) is 3.02. The zero-order valence-corrected chi connectivity index (χ0v) is 19.3. The van der Waals surface area contributed by atoms with E-state index in [4.69, 9.17) is 9.15 Å². The van der Waals surface area contributed by atoms with Gasteiger partial charge in [-0.05, 0) is 61.9 Å². The lowest BCUT2D eigenvalue weighted by Crippen LogP contribution is -2.37. The van der Waals surface area contributed by atoms with E-state index >= 15 is 0 Å². The van der Waals surface area contributed by atoms with E-state index in [0.717, 1.165) is 11.1 Å². The predicted molar refractivity (Wildman–Crippen MR) is 123 cm³/mol. The first-order valence-corrected chi connectivity index (χ1v) is 11.6. The van der Waals surface area contributed by atoms with Gasteiger partial charge in [0.2, 0.25) is 10.0 Å². The number of benzene rings is 2. The number of rotatable bonds is 8. The van der Waals surface area contributed by atoms with Gasteiger partial charge in [-0.1, -0.05) is 17.7 Å². The number of esters is 1. The number of carbonyl (C=O) groups is 3. The lowest BCUT2D eigenvalue weighted by atomic mass is 10.1. The summed E-state index contributed by atoms with van der Waals surface area (Å²) in [5.74, 6) is -1.22. The molecule has 0 radical (unpaired) electrons. The van der Waals surface area contributed by atoms with Crippen LogP contribution in [0.3, 0.4) is 0 Å². The normalized spacial score (nSPS) is 11.0. The predicted octanol–water partition coefficient (Wildman–Crippen LogP) is 2.88. The minimum absolute atomic E-state index is 0.0225. The maximum absolute atomic E-state index is 12.3. The van der Waals surface area contributed by atoms with Crippen LogP contribution in [0.2, 0.25) is 0 Å². The molecule has 1 aromatic heterocycles. The van der Waals surface area contributed by atoms with Crippen molar-refractivity contribution in [2.75, 3.05) is 11.9 Å². The zero-order valence-electron chi connectivity index (χ0n) is 18.5. The Morgan fingerprint density at radius 1 is 1.00 bits per heavy atom. The second kappa shape index (κ2) is 10.8. The van der Waals surface area contributed by atoms with Crippen LogP contribution >= 0.6 is 0 Å². The van der Waals surface area contributed by atoms with E-state index in [1.54, 1.807) is 18.2 Å². The van der Waals surface area contributed by atoms with Crippen LogP contribution in [0, 0.1) is 13.8 Å². The molecule has 0 aliphatic rings. The molecule has 0 fully saturated rings. The van der Waals surface area contributed by atoms with Gasteiger partial charge in [-0.15, -0.1) is 0 Å². The van der Waals surface area contributed by atoms with Gasteiger partial charge in [-0.2, -0.15) is 0 Å². The summed E-state index contributed by atoms with van der Waals surface area (Å²) >= 11 is 0. The number of ether oxygens (including phenoxy) is 1. The number of nitrogens with one attached hydrogen (secondary N) is 3. The van der Waals surface area contributed by atoms with E-state index in [2.05, 4.69) is 15.4 Å². The summed E-state index contributed by atoms with van der Waals surface area (Å²) in [4.78, 5) is 36.0. The highest BCUT2D eigenvalue weighted by Gasteiger charge is 2.17. The Kier molecular flexibility index (Phi) is 7.82. The highest BCUT2D eigenvalue weighted by Crippen LogP contribution is 2.16. The van der Waals surface area contributed by atoms with Gasteiger partial charge < -0.3 is 14.5 Å². The van der Waals surface area contributed by atoms with Crippen LogP contribution in [0.4, 0.5) is 10.5 Å². The van der Waals surface area contributed by atoms with Gasteiger partial charge in [0, 0.05) is 5.69 Å². The Morgan fingerprint density at radius 3 is 2.38 bits per heavy atom. The highest BCUT2D eigenvalue weighted by atomic mass is 32.2. The summed E-state index contributed by atoms with van der Waals surface area (Å²) in [5.41, 5.74) is 2.44. The third kappa shape index (κ3) is 6.77. The molecule has 3 N–H and O–H groups in total. The topological polar surface area (TPSA) is 144 Å². The summed E-state index contributed by atoms with van der Waals surface area (Å²) in [6.07, 6.45) is 1.43. The number of imide groups is 1. The number of anilines is 1. The smallest absolute Gasteiger partial charge is 0.338 e. The van der Waals surface area contributed by atoms with Crippen molar-refractivity contribution in [3.8, 4) is 0 Å². The minimum atomic E-state index is -3.82. The Bertz CT molecular complexity index is 1280. The molecule has 0 saturated carbocycles. The van der Waals surface area contributed by atoms with E-state index in [0.29, 0.717) is 11.4 Å². The second-order valence-corrected chi connectivity index (χ2v) is 9.09. The lowest BCUT2D eigenvalue weighted by Gasteiger charge is -2.10. The first kappa shape index (κ1) is 24.7. The van der Waals surface area contributed by atoms with Crippen LogP contribution in [0.1, 0.15) is 27.2 Å². The minimum Gasteiger partial charge on any atom is -0.468 e. The summed E-state index contributed by atoms with van der Waals surface area (Å²) in [7, 11) is -3.82. The molecule has 0 bridgehead atoms. The van der Waals surface area contributed by atoms with E-state index < -0.39 is 34.5 Å². The standard InChI is InChI=1S/C23H23N3O7S/c1-15-5-10-20(16(2)12-15)25-23(29)26-21(27)14-33-22(28)17-6-8-19(9-7-17)34(30,31)24-13-18-4-3-11-32-18/h3-12,24H,13-14H2,1-2H3,(H2,25,26,27,29). The molecular formula is C23H23N3O7S. The Labute approximate surface area is 196 Å². The Hall–Kier alpha value is -3.96. The van der Waals surface area contributed by atoms with Crippen LogP contribution in [0.5, 0.6) is 0 Å². The van der Waals surface area contributed by atoms with Gasteiger partial charge in [0.1, 0.15) is 5.76 Å². The molecule has 0 spiro atoms. The van der Waals surface area contributed by atoms with Crippen LogP contribution < -0.4 is 15.4 Å². The number of carbonyl (C=O) groups excluding carboxylic acids is 3. The number of amides is 3. The molecule has 11 heteroatoms.